The molecule has 7 nitrogen and oxygen atoms in total. The Morgan fingerprint density at radius 2 is 1.94 bits per heavy atom. The van der Waals surface area contributed by atoms with E-state index in [9.17, 15) is 4.79 Å². The minimum absolute atomic E-state index is 0.0365. The van der Waals surface area contributed by atoms with Gasteiger partial charge in [-0.1, -0.05) is 41.6 Å². The highest BCUT2D eigenvalue weighted by Gasteiger charge is 2.28. The number of rotatable bonds is 7. The van der Waals surface area contributed by atoms with Gasteiger partial charge in [0.05, 0.1) is 31.0 Å². The number of hydrogen-bond acceptors (Lipinski definition) is 6. The second kappa shape index (κ2) is 10.6. The summed E-state index contributed by atoms with van der Waals surface area (Å²) in [6.45, 7) is 7.15. The normalized spacial score (nSPS) is 18.3. The maximum atomic E-state index is 12.9. The van der Waals surface area contributed by atoms with Crippen molar-refractivity contribution < 1.29 is 23.5 Å². The molecule has 2 atom stereocenters. The minimum Gasteiger partial charge on any atom is -0.493 e. The molecule has 178 valence electrons. The third kappa shape index (κ3) is 5.48. The fourth-order valence-electron chi connectivity index (χ4n) is 4.02. The molecule has 0 radical (unpaired) electrons. The van der Waals surface area contributed by atoms with Crippen molar-refractivity contribution >= 4 is 12.0 Å². The second-order valence-electron chi connectivity index (χ2n) is 8.42. The number of aromatic nitrogens is 1. The molecule has 1 aliphatic rings. The number of benzene rings is 2. The number of aryl methyl sites for hydroxylation is 2. The van der Waals surface area contributed by atoms with Crippen molar-refractivity contribution in [1.29, 1.82) is 0 Å². The van der Waals surface area contributed by atoms with Crippen LogP contribution in [0.5, 0.6) is 11.5 Å². The molecule has 1 amide bonds. The molecule has 34 heavy (non-hydrogen) atoms. The lowest BCUT2D eigenvalue weighted by atomic mass is 10.1. The van der Waals surface area contributed by atoms with Gasteiger partial charge in [0.2, 0.25) is 5.91 Å². The van der Waals surface area contributed by atoms with E-state index < -0.39 is 0 Å². The summed E-state index contributed by atoms with van der Waals surface area (Å²) >= 11 is 0. The largest absolute Gasteiger partial charge is 0.493 e. The molecular formula is C27H30N2O5. The molecule has 2 aromatic carbocycles. The van der Waals surface area contributed by atoms with Crippen molar-refractivity contribution in [3.63, 3.8) is 0 Å². The van der Waals surface area contributed by atoms with Crippen molar-refractivity contribution in [3.8, 4) is 11.5 Å². The zero-order valence-electron chi connectivity index (χ0n) is 20.0. The van der Waals surface area contributed by atoms with Crippen molar-refractivity contribution in [2.24, 2.45) is 0 Å². The summed E-state index contributed by atoms with van der Waals surface area (Å²) in [5.74, 6) is 1.89. The van der Waals surface area contributed by atoms with Crippen LogP contribution in [0.2, 0.25) is 0 Å². The minimum atomic E-state index is -0.128. The van der Waals surface area contributed by atoms with Crippen molar-refractivity contribution in [1.82, 2.24) is 10.1 Å². The number of nitrogens with zero attached hydrogens (tertiary/aromatic N) is 2. The van der Waals surface area contributed by atoms with Gasteiger partial charge in [0.15, 0.2) is 11.5 Å². The molecule has 0 spiro atoms. The quantitative estimate of drug-likeness (QED) is 0.466. The Bertz CT molecular complexity index is 1140. The molecule has 1 saturated heterocycles. The Labute approximate surface area is 199 Å². The molecule has 0 saturated carbocycles. The number of carbonyl (C=O) groups is 1. The monoisotopic (exact) mass is 462 g/mol. The highest BCUT2D eigenvalue weighted by atomic mass is 16.5. The number of hydrogen-bond donors (Lipinski definition) is 0. The second-order valence-corrected chi connectivity index (χ2v) is 8.42. The van der Waals surface area contributed by atoms with Crippen LogP contribution in [0.3, 0.4) is 0 Å². The third-order valence-electron chi connectivity index (χ3n) is 5.90. The van der Waals surface area contributed by atoms with E-state index in [0.717, 1.165) is 28.1 Å². The molecule has 1 fully saturated rings. The van der Waals surface area contributed by atoms with Gasteiger partial charge in [-0.25, -0.2) is 0 Å². The van der Waals surface area contributed by atoms with Gasteiger partial charge in [-0.2, -0.15) is 0 Å². The van der Waals surface area contributed by atoms with Crippen LogP contribution in [0, 0.1) is 13.8 Å². The Balaban J connectivity index is 1.42. The maximum absolute atomic E-state index is 12.9. The first kappa shape index (κ1) is 23.6. The lowest BCUT2D eigenvalue weighted by Gasteiger charge is -2.36. The standard InChI is InChI=1S/C27H30N2O5/c1-18-15-29(16-26(33-18)22-8-6-5-7-9-22)27(30)13-11-21-10-12-24(25(14-21)31-4)32-17-23-19(2)28-34-20(23)3/h5-14,18,26H,15-17H2,1-4H3/b13-11+. The van der Waals surface area contributed by atoms with Crippen molar-refractivity contribution in [2.45, 2.75) is 39.6 Å². The van der Waals surface area contributed by atoms with Crippen LogP contribution in [0.1, 0.15) is 41.2 Å². The number of ether oxygens (including phenoxy) is 3. The molecule has 7 heteroatoms. The first-order chi connectivity index (χ1) is 16.4. The van der Waals surface area contributed by atoms with E-state index in [1.807, 2.05) is 74.2 Å². The van der Waals surface area contributed by atoms with Crippen molar-refractivity contribution in [2.75, 3.05) is 20.2 Å². The molecule has 1 aromatic heterocycles. The van der Waals surface area contributed by atoms with E-state index in [-0.39, 0.29) is 18.1 Å². The first-order valence-corrected chi connectivity index (χ1v) is 11.3. The molecule has 2 heterocycles. The maximum Gasteiger partial charge on any atom is 0.246 e. The van der Waals surface area contributed by atoms with E-state index in [2.05, 4.69) is 5.16 Å². The summed E-state index contributed by atoms with van der Waals surface area (Å²) in [6.07, 6.45) is 3.22. The molecule has 1 aliphatic heterocycles. The van der Waals surface area contributed by atoms with Gasteiger partial charge in [0.1, 0.15) is 18.5 Å². The van der Waals surface area contributed by atoms with Gasteiger partial charge in [-0.3, -0.25) is 4.79 Å². The van der Waals surface area contributed by atoms with Crippen LogP contribution < -0.4 is 9.47 Å². The predicted octanol–water partition coefficient (Wildman–Crippen LogP) is 4.88. The highest BCUT2D eigenvalue weighted by Crippen LogP contribution is 2.30. The van der Waals surface area contributed by atoms with Crippen LogP contribution in [0.15, 0.2) is 59.1 Å². The fraction of sp³-hybridized carbons (Fsp3) is 0.333. The average Bonchev–Trinajstić information content (AvgIpc) is 3.18. The lowest BCUT2D eigenvalue weighted by molar-refractivity contribution is -0.139. The van der Waals surface area contributed by atoms with Crippen LogP contribution in [-0.2, 0) is 16.1 Å². The summed E-state index contributed by atoms with van der Waals surface area (Å²) in [6, 6.07) is 15.6. The number of amides is 1. The van der Waals surface area contributed by atoms with E-state index in [1.165, 1.54) is 0 Å². The highest BCUT2D eigenvalue weighted by molar-refractivity contribution is 5.92. The Morgan fingerprint density at radius 1 is 1.15 bits per heavy atom. The summed E-state index contributed by atoms with van der Waals surface area (Å²) in [5.41, 5.74) is 3.65. The number of morpholine rings is 1. The summed E-state index contributed by atoms with van der Waals surface area (Å²) < 4.78 is 22.7. The third-order valence-corrected chi connectivity index (χ3v) is 5.90. The van der Waals surface area contributed by atoms with E-state index in [0.29, 0.717) is 31.2 Å². The zero-order valence-corrected chi connectivity index (χ0v) is 20.0. The van der Waals surface area contributed by atoms with Gasteiger partial charge in [-0.05, 0) is 50.1 Å². The van der Waals surface area contributed by atoms with Gasteiger partial charge in [0.25, 0.3) is 0 Å². The van der Waals surface area contributed by atoms with Gasteiger partial charge >= 0.3 is 0 Å². The van der Waals surface area contributed by atoms with Gasteiger partial charge < -0.3 is 23.6 Å². The van der Waals surface area contributed by atoms with E-state index in [1.54, 1.807) is 19.3 Å². The van der Waals surface area contributed by atoms with Crippen LogP contribution in [0.4, 0.5) is 0 Å². The molecule has 3 aromatic rings. The average molecular weight is 463 g/mol. The number of carbonyl (C=O) groups excluding carboxylic acids is 1. The van der Waals surface area contributed by atoms with E-state index >= 15 is 0 Å². The molecule has 0 N–H and O–H groups in total. The smallest absolute Gasteiger partial charge is 0.246 e. The molecule has 0 bridgehead atoms. The molecule has 2 unspecified atom stereocenters. The summed E-state index contributed by atoms with van der Waals surface area (Å²) in [7, 11) is 1.59. The van der Waals surface area contributed by atoms with Gasteiger partial charge in [-0.15, -0.1) is 0 Å². The Hall–Kier alpha value is -3.58. The number of methoxy groups -OCH3 is 1. The molecule has 4 rings (SSSR count). The Morgan fingerprint density at radius 3 is 2.65 bits per heavy atom. The Kier molecular flexibility index (Phi) is 7.33. The fourth-order valence-corrected chi connectivity index (χ4v) is 4.02. The van der Waals surface area contributed by atoms with Crippen molar-refractivity contribution in [3.05, 3.63) is 82.8 Å². The summed E-state index contributed by atoms with van der Waals surface area (Å²) in [4.78, 5) is 14.8. The summed E-state index contributed by atoms with van der Waals surface area (Å²) in [5, 5.41) is 3.95. The van der Waals surface area contributed by atoms with Crippen LogP contribution in [0.25, 0.3) is 6.08 Å². The zero-order chi connectivity index (χ0) is 24.1. The predicted molar refractivity (Wildman–Crippen MR) is 129 cm³/mol. The van der Waals surface area contributed by atoms with E-state index in [4.69, 9.17) is 18.7 Å². The van der Waals surface area contributed by atoms with Gasteiger partial charge in [0, 0.05) is 12.6 Å². The van der Waals surface area contributed by atoms with Crippen LogP contribution in [-0.4, -0.2) is 42.3 Å². The topological polar surface area (TPSA) is 74.0 Å². The van der Waals surface area contributed by atoms with Crippen LogP contribution >= 0.6 is 0 Å². The molecule has 0 aliphatic carbocycles. The molecular weight excluding hydrogens is 432 g/mol. The SMILES string of the molecule is COc1cc(/C=C/C(=O)N2CC(C)OC(c3ccccc3)C2)ccc1OCc1c(C)noc1C. The first-order valence-electron chi connectivity index (χ1n) is 11.3. The lowest BCUT2D eigenvalue weighted by Crippen LogP contribution is -2.45.